The number of halogens is 2. The second-order valence-corrected chi connectivity index (χ2v) is 8.93. The molecular weight excluding hydrogens is 475 g/mol. The van der Waals surface area contributed by atoms with E-state index in [1.54, 1.807) is 30.3 Å². The molecule has 1 heterocycles. The third kappa shape index (κ3) is 5.98. The van der Waals surface area contributed by atoms with Gasteiger partial charge >= 0.3 is 0 Å². The van der Waals surface area contributed by atoms with Crippen molar-refractivity contribution in [1.29, 1.82) is 0 Å². The third-order valence-corrected chi connectivity index (χ3v) is 6.03. The lowest BCUT2D eigenvalue weighted by molar-refractivity contribution is -0.115. The van der Waals surface area contributed by atoms with E-state index in [9.17, 15) is 9.18 Å². The van der Waals surface area contributed by atoms with Gasteiger partial charge in [-0.25, -0.2) is 9.38 Å². The summed E-state index contributed by atoms with van der Waals surface area (Å²) < 4.78 is 24.8. The fourth-order valence-electron chi connectivity index (χ4n) is 3.18. The highest BCUT2D eigenvalue weighted by Crippen LogP contribution is 2.39. The highest BCUT2D eigenvalue weighted by Gasteiger charge is 2.24. The first-order chi connectivity index (χ1) is 16.4. The summed E-state index contributed by atoms with van der Waals surface area (Å²) in [4.78, 5) is 17.5. The Balaban J connectivity index is 1.54. The number of thioether (sulfide) groups is 1. The molecule has 0 aromatic heterocycles. The molecule has 0 unspecified atom stereocenters. The van der Waals surface area contributed by atoms with Crippen LogP contribution in [0.2, 0.25) is 5.02 Å². The van der Waals surface area contributed by atoms with E-state index in [0.29, 0.717) is 38.8 Å². The smallest absolute Gasteiger partial charge is 0.264 e. The molecule has 1 fully saturated rings. The summed E-state index contributed by atoms with van der Waals surface area (Å²) in [5.74, 6) is 0.303. The van der Waals surface area contributed by atoms with Crippen molar-refractivity contribution < 1.29 is 18.7 Å². The van der Waals surface area contributed by atoms with Crippen molar-refractivity contribution in [2.45, 2.75) is 20.5 Å². The Bertz CT molecular complexity index is 1260. The third-order valence-electron chi connectivity index (χ3n) is 4.84. The average Bonchev–Trinajstić information content (AvgIpc) is 3.14. The standard InChI is InChI=1S/C26H22ClFN2O3S/c1-3-32-22-13-18(12-21(27)24(22)33-15-17-6-8-19(28)9-7-17)14-23-25(31)30-26(34-23)29-20-10-4-16(2)5-11-20/h4-14H,3,15H2,1-2H3,(H,29,30,31)/b23-14-. The number of benzene rings is 3. The molecular formula is C26H22ClFN2O3S. The summed E-state index contributed by atoms with van der Waals surface area (Å²) in [5, 5.41) is 3.64. The second kappa shape index (κ2) is 10.8. The molecule has 0 saturated carbocycles. The maximum Gasteiger partial charge on any atom is 0.264 e. The summed E-state index contributed by atoms with van der Waals surface area (Å²) in [6, 6.07) is 17.3. The molecule has 1 aliphatic rings. The molecule has 5 nitrogen and oxygen atoms in total. The molecule has 0 bridgehead atoms. The van der Waals surface area contributed by atoms with Crippen LogP contribution < -0.4 is 14.8 Å². The van der Waals surface area contributed by atoms with Crippen LogP contribution in [0.25, 0.3) is 6.08 Å². The molecule has 0 radical (unpaired) electrons. The number of hydrogen-bond acceptors (Lipinski definition) is 5. The Kier molecular flexibility index (Phi) is 7.55. The van der Waals surface area contributed by atoms with Crippen LogP contribution >= 0.6 is 23.4 Å². The van der Waals surface area contributed by atoms with Crippen LogP contribution in [-0.4, -0.2) is 17.7 Å². The number of amides is 1. The molecule has 0 spiro atoms. The van der Waals surface area contributed by atoms with Crippen molar-refractivity contribution in [2.75, 3.05) is 6.61 Å². The molecule has 0 aliphatic carbocycles. The monoisotopic (exact) mass is 496 g/mol. The molecule has 4 rings (SSSR count). The van der Waals surface area contributed by atoms with Crippen molar-refractivity contribution in [3.63, 3.8) is 0 Å². The number of amidine groups is 1. The van der Waals surface area contributed by atoms with Crippen LogP contribution in [-0.2, 0) is 11.4 Å². The number of nitrogens with one attached hydrogen (secondary N) is 1. The van der Waals surface area contributed by atoms with Gasteiger partial charge in [0.25, 0.3) is 5.91 Å². The molecule has 8 heteroatoms. The van der Waals surface area contributed by atoms with Gasteiger partial charge in [-0.1, -0.05) is 41.4 Å². The van der Waals surface area contributed by atoms with Gasteiger partial charge in [-0.3, -0.25) is 4.79 Å². The Labute approximate surface area is 206 Å². The van der Waals surface area contributed by atoms with Crippen molar-refractivity contribution in [1.82, 2.24) is 5.32 Å². The van der Waals surface area contributed by atoms with Gasteiger partial charge in [0.1, 0.15) is 12.4 Å². The molecule has 3 aromatic carbocycles. The number of carbonyl (C=O) groups is 1. The summed E-state index contributed by atoms with van der Waals surface area (Å²) in [6.45, 7) is 4.48. The zero-order valence-corrected chi connectivity index (χ0v) is 20.2. The number of aryl methyl sites for hydroxylation is 1. The zero-order valence-electron chi connectivity index (χ0n) is 18.6. The number of ether oxygens (including phenoxy) is 2. The fourth-order valence-corrected chi connectivity index (χ4v) is 4.29. The summed E-state index contributed by atoms with van der Waals surface area (Å²) in [7, 11) is 0. The number of carbonyl (C=O) groups excluding carboxylic acids is 1. The minimum atomic E-state index is -0.310. The van der Waals surface area contributed by atoms with Crippen LogP contribution in [0.3, 0.4) is 0 Å². The molecule has 1 saturated heterocycles. The minimum Gasteiger partial charge on any atom is -0.490 e. The van der Waals surface area contributed by atoms with E-state index >= 15 is 0 Å². The van der Waals surface area contributed by atoms with E-state index in [0.717, 1.165) is 16.8 Å². The van der Waals surface area contributed by atoms with Crippen molar-refractivity contribution in [2.24, 2.45) is 4.99 Å². The highest BCUT2D eigenvalue weighted by atomic mass is 35.5. The van der Waals surface area contributed by atoms with E-state index < -0.39 is 0 Å². The molecule has 1 amide bonds. The first kappa shape index (κ1) is 23.9. The van der Waals surface area contributed by atoms with E-state index in [-0.39, 0.29) is 18.3 Å². The predicted octanol–water partition coefficient (Wildman–Crippen LogP) is 6.66. The Morgan fingerprint density at radius 1 is 1.09 bits per heavy atom. The van der Waals surface area contributed by atoms with Crippen molar-refractivity contribution >= 4 is 46.2 Å². The lowest BCUT2D eigenvalue weighted by Gasteiger charge is -2.14. The Morgan fingerprint density at radius 2 is 1.82 bits per heavy atom. The van der Waals surface area contributed by atoms with Crippen molar-refractivity contribution in [3.8, 4) is 11.5 Å². The highest BCUT2D eigenvalue weighted by molar-refractivity contribution is 8.18. The van der Waals surface area contributed by atoms with Gasteiger partial charge in [-0.15, -0.1) is 0 Å². The SMILES string of the molecule is CCOc1cc(/C=C2\SC(=Nc3ccc(C)cc3)NC2=O)cc(Cl)c1OCc1ccc(F)cc1. The Morgan fingerprint density at radius 3 is 2.53 bits per heavy atom. The lowest BCUT2D eigenvalue weighted by atomic mass is 10.1. The first-order valence-corrected chi connectivity index (χ1v) is 11.8. The van der Waals surface area contributed by atoms with Gasteiger partial charge in [0.15, 0.2) is 16.7 Å². The molecule has 1 N–H and O–H groups in total. The second-order valence-electron chi connectivity index (χ2n) is 7.50. The van der Waals surface area contributed by atoms with Gasteiger partial charge in [0, 0.05) is 0 Å². The average molecular weight is 497 g/mol. The summed E-state index contributed by atoms with van der Waals surface area (Å²) in [5.41, 5.74) is 3.39. The minimum absolute atomic E-state index is 0.206. The van der Waals surface area contributed by atoms with E-state index in [1.165, 1.54) is 23.9 Å². The number of aliphatic imine (C=N–C) groups is 1. The fraction of sp³-hybridized carbons (Fsp3) is 0.154. The van der Waals surface area contributed by atoms with Crippen LogP contribution in [0.1, 0.15) is 23.6 Å². The van der Waals surface area contributed by atoms with Gasteiger partial charge in [0.05, 0.1) is 22.2 Å². The normalized spacial score (nSPS) is 15.6. The number of nitrogens with zero attached hydrogens (tertiary/aromatic N) is 1. The van der Waals surface area contributed by atoms with E-state index in [4.69, 9.17) is 21.1 Å². The summed E-state index contributed by atoms with van der Waals surface area (Å²) in [6.07, 6.45) is 1.73. The predicted molar refractivity (Wildman–Crippen MR) is 135 cm³/mol. The van der Waals surface area contributed by atoms with Crippen LogP contribution in [0, 0.1) is 12.7 Å². The zero-order chi connectivity index (χ0) is 24.1. The quantitative estimate of drug-likeness (QED) is 0.372. The molecule has 3 aromatic rings. The maximum absolute atomic E-state index is 13.1. The van der Waals surface area contributed by atoms with Crippen molar-refractivity contribution in [3.05, 3.63) is 93.1 Å². The molecule has 34 heavy (non-hydrogen) atoms. The van der Waals surface area contributed by atoms with E-state index in [2.05, 4.69) is 10.3 Å². The molecule has 174 valence electrons. The first-order valence-electron chi connectivity index (χ1n) is 10.6. The van der Waals surface area contributed by atoms with Gasteiger partial charge in [0.2, 0.25) is 0 Å². The van der Waals surface area contributed by atoms with Crippen LogP contribution in [0.15, 0.2) is 70.6 Å². The maximum atomic E-state index is 13.1. The van der Waals surface area contributed by atoms with Gasteiger partial charge < -0.3 is 14.8 Å². The largest absolute Gasteiger partial charge is 0.490 e. The number of rotatable bonds is 7. The van der Waals surface area contributed by atoms with Crippen LogP contribution in [0.5, 0.6) is 11.5 Å². The van der Waals surface area contributed by atoms with Crippen LogP contribution in [0.4, 0.5) is 10.1 Å². The van der Waals surface area contributed by atoms with Gasteiger partial charge in [-0.05, 0) is 79.2 Å². The molecule has 1 aliphatic heterocycles. The summed E-state index contributed by atoms with van der Waals surface area (Å²) >= 11 is 7.76. The lowest BCUT2D eigenvalue weighted by Crippen LogP contribution is -2.19. The van der Waals surface area contributed by atoms with E-state index in [1.807, 2.05) is 38.1 Å². The molecule has 0 atom stereocenters. The Hall–Kier alpha value is -3.29. The van der Waals surface area contributed by atoms with Gasteiger partial charge in [-0.2, -0.15) is 0 Å². The number of hydrogen-bond donors (Lipinski definition) is 1. The topological polar surface area (TPSA) is 59.9 Å².